The third-order valence-electron chi connectivity index (χ3n) is 4.27. The highest BCUT2D eigenvalue weighted by Crippen LogP contribution is 2.24. The standard InChI is InChI=1S/C20H20N4O4/c1-2-3-11-17(25)23-21-12-15-18(26)22-20(28)24(19(15)27)16-10-6-8-13-7-4-5-9-14(13)16/h4-10,12,27H,2-3,11H2,1H3,(H,23,25)(H,22,26,28)/b21-12-. The molecule has 8 heteroatoms. The molecule has 1 heterocycles. The Morgan fingerprint density at radius 3 is 2.75 bits per heavy atom. The van der Waals surface area contributed by atoms with Crippen molar-refractivity contribution in [1.29, 1.82) is 0 Å². The van der Waals surface area contributed by atoms with E-state index < -0.39 is 17.1 Å². The molecule has 0 fully saturated rings. The van der Waals surface area contributed by atoms with Crippen LogP contribution in [0.25, 0.3) is 16.5 Å². The largest absolute Gasteiger partial charge is 0.493 e. The number of rotatable bonds is 6. The van der Waals surface area contributed by atoms with Gasteiger partial charge in [-0.3, -0.25) is 14.6 Å². The average Bonchev–Trinajstić information content (AvgIpc) is 2.69. The number of hydrazone groups is 1. The number of nitrogens with one attached hydrogen (secondary N) is 2. The van der Waals surface area contributed by atoms with E-state index in [0.717, 1.165) is 34.4 Å². The summed E-state index contributed by atoms with van der Waals surface area (Å²) in [6, 6.07) is 12.6. The highest BCUT2D eigenvalue weighted by Gasteiger charge is 2.16. The minimum absolute atomic E-state index is 0.233. The van der Waals surface area contributed by atoms with Gasteiger partial charge >= 0.3 is 5.69 Å². The molecule has 0 aliphatic carbocycles. The van der Waals surface area contributed by atoms with Crippen molar-refractivity contribution in [2.45, 2.75) is 26.2 Å². The second-order valence-corrected chi connectivity index (χ2v) is 6.23. The molecule has 0 unspecified atom stereocenters. The van der Waals surface area contributed by atoms with Gasteiger partial charge in [-0.05, 0) is 17.9 Å². The lowest BCUT2D eigenvalue weighted by Crippen LogP contribution is -2.31. The molecule has 3 N–H and O–H groups in total. The number of carbonyl (C=O) groups excluding carboxylic acids is 1. The van der Waals surface area contributed by atoms with Crippen molar-refractivity contribution >= 4 is 22.9 Å². The fourth-order valence-electron chi connectivity index (χ4n) is 2.84. The molecule has 0 atom stereocenters. The van der Waals surface area contributed by atoms with Crippen LogP contribution < -0.4 is 16.7 Å². The van der Waals surface area contributed by atoms with Crippen LogP contribution in [0.1, 0.15) is 31.7 Å². The number of unbranched alkanes of at least 4 members (excludes halogenated alkanes) is 1. The van der Waals surface area contributed by atoms with Crippen LogP contribution in [0.5, 0.6) is 5.88 Å². The van der Waals surface area contributed by atoms with E-state index in [1.54, 1.807) is 12.1 Å². The van der Waals surface area contributed by atoms with E-state index in [1.807, 2.05) is 37.3 Å². The van der Waals surface area contributed by atoms with Crippen molar-refractivity contribution in [3.05, 3.63) is 68.9 Å². The predicted molar refractivity (Wildman–Crippen MR) is 107 cm³/mol. The first-order valence-electron chi connectivity index (χ1n) is 8.91. The second-order valence-electron chi connectivity index (χ2n) is 6.23. The van der Waals surface area contributed by atoms with Gasteiger partial charge in [0.25, 0.3) is 5.56 Å². The van der Waals surface area contributed by atoms with E-state index >= 15 is 0 Å². The molecule has 144 valence electrons. The maximum atomic E-state index is 12.4. The molecule has 1 amide bonds. The van der Waals surface area contributed by atoms with Crippen molar-refractivity contribution in [2.24, 2.45) is 5.10 Å². The van der Waals surface area contributed by atoms with Crippen molar-refractivity contribution < 1.29 is 9.90 Å². The van der Waals surface area contributed by atoms with E-state index in [2.05, 4.69) is 15.5 Å². The summed E-state index contributed by atoms with van der Waals surface area (Å²) in [7, 11) is 0. The third-order valence-corrected chi connectivity index (χ3v) is 4.27. The Labute approximate surface area is 160 Å². The van der Waals surface area contributed by atoms with Gasteiger partial charge in [-0.1, -0.05) is 49.7 Å². The van der Waals surface area contributed by atoms with E-state index in [0.29, 0.717) is 12.1 Å². The van der Waals surface area contributed by atoms with Gasteiger partial charge in [-0.15, -0.1) is 0 Å². The van der Waals surface area contributed by atoms with Gasteiger partial charge < -0.3 is 5.11 Å². The zero-order chi connectivity index (χ0) is 20.1. The van der Waals surface area contributed by atoms with Gasteiger partial charge in [-0.2, -0.15) is 5.10 Å². The Morgan fingerprint density at radius 2 is 1.96 bits per heavy atom. The van der Waals surface area contributed by atoms with Gasteiger partial charge in [0.15, 0.2) is 0 Å². The first-order valence-corrected chi connectivity index (χ1v) is 8.91. The summed E-state index contributed by atoms with van der Waals surface area (Å²) < 4.78 is 1.00. The average molecular weight is 380 g/mol. The number of aromatic nitrogens is 2. The molecule has 0 bridgehead atoms. The van der Waals surface area contributed by atoms with Crippen molar-refractivity contribution in [1.82, 2.24) is 15.0 Å². The lowest BCUT2D eigenvalue weighted by molar-refractivity contribution is -0.121. The van der Waals surface area contributed by atoms with E-state index in [4.69, 9.17) is 0 Å². The maximum absolute atomic E-state index is 12.4. The summed E-state index contributed by atoms with van der Waals surface area (Å²) in [5, 5.41) is 15.9. The number of benzene rings is 2. The number of nitrogens with zero attached hydrogens (tertiary/aromatic N) is 2. The first-order chi connectivity index (χ1) is 13.5. The summed E-state index contributed by atoms with van der Waals surface area (Å²) in [5.41, 5.74) is 0.910. The molecule has 0 aliphatic heterocycles. The number of hydrogen-bond acceptors (Lipinski definition) is 5. The molecular weight excluding hydrogens is 360 g/mol. The van der Waals surface area contributed by atoms with Crippen LogP contribution in [0, 0.1) is 0 Å². The minimum Gasteiger partial charge on any atom is -0.493 e. The van der Waals surface area contributed by atoms with Gasteiger partial charge in [0.05, 0.1) is 11.9 Å². The fourth-order valence-corrected chi connectivity index (χ4v) is 2.84. The Kier molecular flexibility index (Phi) is 5.69. The normalized spacial score (nSPS) is 11.2. The van der Waals surface area contributed by atoms with Crippen LogP contribution in [-0.4, -0.2) is 26.8 Å². The number of aromatic hydroxyl groups is 1. The van der Waals surface area contributed by atoms with Crippen LogP contribution >= 0.6 is 0 Å². The lowest BCUT2D eigenvalue weighted by atomic mass is 10.1. The molecule has 3 rings (SSSR count). The Bertz CT molecular complexity index is 1160. The summed E-state index contributed by atoms with van der Waals surface area (Å²) >= 11 is 0. The molecule has 1 aromatic heterocycles. The van der Waals surface area contributed by atoms with Gasteiger partial charge in [-0.25, -0.2) is 14.8 Å². The fraction of sp³-hybridized carbons (Fsp3) is 0.200. The number of hydrogen-bond donors (Lipinski definition) is 3. The van der Waals surface area contributed by atoms with Gasteiger partial charge in [0, 0.05) is 11.8 Å². The van der Waals surface area contributed by atoms with Crippen LogP contribution in [0.3, 0.4) is 0 Å². The van der Waals surface area contributed by atoms with Gasteiger partial charge in [0.1, 0.15) is 5.56 Å². The van der Waals surface area contributed by atoms with Crippen LogP contribution in [0.2, 0.25) is 0 Å². The Morgan fingerprint density at radius 1 is 1.21 bits per heavy atom. The zero-order valence-electron chi connectivity index (χ0n) is 15.3. The van der Waals surface area contributed by atoms with E-state index in [-0.39, 0.29) is 11.5 Å². The minimum atomic E-state index is -0.800. The molecule has 28 heavy (non-hydrogen) atoms. The van der Waals surface area contributed by atoms with E-state index in [1.165, 1.54) is 0 Å². The second kappa shape index (κ2) is 8.34. The summed E-state index contributed by atoms with van der Waals surface area (Å²) in [6.07, 6.45) is 2.93. The van der Waals surface area contributed by atoms with Crippen LogP contribution in [0.15, 0.2) is 57.2 Å². The highest BCUT2D eigenvalue weighted by molar-refractivity contribution is 5.91. The third kappa shape index (κ3) is 3.85. The maximum Gasteiger partial charge on any atom is 0.335 e. The molecule has 0 saturated carbocycles. The molecule has 0 spiro atoms. The molecule has 0 aliphatic rings. The highest BCUT2D eigenvalue weighted by atomic mass is 16.3. The summed E-state index contributed by atoms with van der Waals surface area (Å²) in [4.78, 5) is 38.3. The van der Waals surface area contributed by atoms with Gasteiger partial charge in [0.2, 0.25) is 11.8 Å². The number of carbonyl (C=O) groups is 1. The molecule has 3 aromatic rings. The van der Waals surface area contributed by atoms with Crippen molar-refractivity contribution in [3.63, 3.8) is 0 Å². The molecule has 0 radical (unpaired) electrons. The monoisotopic (exact) mass is 380 g/mol. The predicted octanol–water partition coefficient (Wildman–Crippen LogP) is 2.02. The quantitative estimate of drug-likeness (QED) is 0.448. The smallest absolute Gasteiger partial charge is 0.335 e. The summed E-state index contributed by atoms with van der Waals surface area (Å²) in [5.74, 6) is -0.854. The van der Waals surface area contributed by atoms with E-state index in [9.17, 15) is 19.5 Å². The summed E-state index contributed by atoms with van der Waals surface area (Å²) in [6.45, 7) is 1.96. The number of fused-ring (bicyclic) bond motifs is 1. The van der Waals surface area contributed by atoms with Crippen molar-refractivity contribution in [2.75, 3.05) is 0 Å². The molecular formula is C20H20N4O4. The molecule has 8 nitrogen and oxygen atoms in total. The zero-order valence-corrected chi connectivity index (χ0v) is 15.3. The van der Waals surface area contributed by atoms with Crippen molar-refractivity contribution in [3.8, 4) is 11.6 Å². The number of H-pyrrole nitrogens is 1. The molecule has 2 aromatic carbocycles. The topological polar surface area (TPSA) is 117 Å². The Balaban J connectivity index is 2.05. The lowest BCUT2D eigenvalue weighted by Gasteiger charge is -2.12. The van der Waals surface area contributed by atoms with Crippen LogP contribution in [-0.2, 0) is 4.79 Å². The Hall–Kier alpha value is -3.68. The SMILES string of the molecule is CCCCC(=O)N/N=C\c1c(O)n(-c2cccc3ccccc23)c(=O)[nH]c1=O. The number of amides is 1. The van der Waals surface area contributed by atoms with Crippen LogP contribution in [0.4, 0.5) is 0 Å². The molecule has 0 saturated heterocycles. The number of aromatic amines is 1. The first kappa shape index (κ1) is 19.1.